The monoisotopic (exact) mass is 478 g/mol. The Balaban J connectivity index is 1.46. The fraction of sp³-hybridized carbons (Fsp3) is 0.192. The number of benzene rings is 3. The Hall–Kier alpha value is -4.53. The average Bonchev–Trinajstić information content (AvgIpc) is 2.88. The van der Waals surface area contributed by atoms with Crippen LogP contribution in [0, 0.1) is 0 Å². The molecule has 3 aromatic carbocycles. The number of amides is 2. The van der Waals surface area contributed by atoms with Crippen LogP contribution in [0.2, 0.25) is 0 Å². The maximum Gasteiger partial charge on any atom is 0.338 e. The standard InChI is InChI=1S/C26H26N2O7/c1-17(25(30)28-19-9-13-21(32-2)14-10-19)35-26(31)18-7-11-22(12-8-18)34-16-24(29)27-20-5-4-6-23(15-20)33-3/h4-15,17H,16H2,1-3H3,(H,27,29)(H,28,30). The zero-order chi connectivity index (χ0) is 25.2. The van der Waals surface area contributed by atoms with E-state index >= 15 is 0 Å². The third-order valence-corrected chi connectivity index (χ3v) is 4.82. The van der Waals surface area contributed by atoms with Gasteiger partial charge in [0.05, 0.1) is 19.8 Å². The van der Waals surface area contributed by atoms with Crippen molar-refractivity contribution in [2.75, 3.05) is 31.5 Å². The van der Waals surface area contributed by atoms with E-state index < -0.39 is 18.0 Å². The normalized spacial score (nSPS) is 11.1. The van der Waals surface area contributed by atoms with Crippen LogP contribution in [0.5, 0.6) is 17.2 Å². The second-order valence-electron chi connectivity index (χ2n) is 7.36. The molecule has 9 heteroatoms. The summed E-state index contributed by atoms with van der Waals surface area (Å²) in [5, 5.41) is 5.38. The molecular formula is C26H26N2O7. The summed E-state index contributed by atoms with van der Waals surface area (Å²) in [6.45, 7) is 1.26. The van der Waals surface area contributed by atoms with Crippen molar-refractivity contribution in [3.8, 4) is 17.2 Å². The molecule has 0 spiro atoms. The highest BCUT2D eigenvalue weighted by Gasteiger charge is 2.19. The van der Waals surface area contributed by atoms with Crippen molar-refractivity contribution < 1.29 is 33.3 Å². The van der Waals surface area contributed by atoms with Crippen LogP contribution in [-0.2, 0) is 14.3 Å². The van der Waals surface area contributed by atoms with E-state index in [4.69, 9.17) is 18.9 Å². The topological polar surface area (TPSA) is 112 Å². The van der Waals surface area contributed by atoms with E-state index in [1.54, 1.807) is 62.8 Å². The summed E-state index contributed by atoms with van der Waals surface area (Å²) >= 11 is 0. The van der Waals surface area contributed by atoms with E-state index in [0.29, 0.717) is 28.6 Å². The van der Waals surface area contributed by atoms with E-state index in [9.17, 15) is 14.4 Å². The highest BCUT2D eigenvalue weighted by Crippen LogP contribution is 2.18. The molecule has 0 aliphatic rings. The molecule has 35 heavy (non-hydrogen) atoms. The van der Waals surface area contributed by atoms with Crippen LogP contribution in [0.3, 0.4) is 0 Å². The summed E-state index contributed by atoms with van der Waals surface area (Å²) in [5.41, 5.74) is 1.37. The molecule has 1 unspecified atom stereocenters. The van der Waals surface area contributed by atoms with Gasteiger partial charge in [-0.15, -0.1) is 0 Å². The molecule has 0 aliphatic heterocycles. The third kappa shape index (κ3) is 7.50. The van der Waals surface area contributed by atoms with Gasteiger partial charge in [-0.05, 0) is 67.6 Å². The predicted molar refractivity (Wildman–Crippen MR) is 130 cm³/mol. The Morgan fingerprint density at radius 2 is 1.43 bits per heavy atom. The Morgan fingerprint density at radius 1 is 0.771 bits per heavy atom. The number of carbonyl (C=O) groups is 3. The molecule has 0 saturated carbocycles. The lowest BCUT2D eigenvalue weighted by Crippen LogP contribution is -2.30. The number of esters is 1. The second-order valence-corrected chi connectivity index (χ2v) is 7.36. The molecule has 0 heterocycles. The Kier molecular flexibility index (Phi) is 8.66. The van der Waals surface area contributed by atoms with Crippen LogP contribution in [-0.4, -0.2) is 44.7 Å². The van der Waals surface area contributed by atoms with Gasteiger partial charge in [-0.2, -0.15) is 0 Å². The lowest BCUT2D eigenvalue weighted by atomic mass is 10.2. The number of rotatable bonds is 10. The van der Waals surface area contributed by atoms with Gasteiger partial charge in [0, 0.05) is 17.4 Å². The molecule has 0 radical (unpaired) electrons. The minimum atomic E-state index is -1.01. The van der Waals surface area contributed by atoms with Crippen molar-refractivity contribution in [1.29, 1.82) is 0 Å². The molecular weight excluding hydrogens is 452 g/mol. The first-order valence-corrected chi connectivity index (χ1v) is 10.7. The van der Waals surface area contributed by atoms with Gasteiger partial charge in [-0.1, -0.05) is 6.07 Å². The molecule has 9 nitrogen and oxygen atoms in total. The number of ether oxygens (including phenoxy) is 4. The van der Waals surface area contributed by atoms with Gasteiger partial charge in [0.15, 0.2) is 12.7 Å². The maximum absolute atomic E-state index is 12.4. The molecule has 0 fully saturated rings. The van der Waals surface area contributed by atoms with Crippen LogP contribution >= 0.6 is 0 Å². The van der Waals surface area contributed by atoms with Crippen molar-refractivity contribution in [2.24, 2.45) is 0 Å². The summed E-state index contributed by atoms with van der Waals surface area (Å²) < 4.78 is 20.9. The predicted octanol–water partition coefficient (Wildman–Crippen LogP) is 3.91. The molecule has 0 saturated heterocycles. The first-order valence-electron chi connectivity index (χ1n) is 10.7. The van der Waals surface area contributed by atoms with Gasteiger partial charge in [0.2, 0.25) is 0 Å². The van der Waals surface area contributed by atoms with E-state index in [2.05, 4.69) is 10.6 Å². The minimum absolute atomic E-state index is 0.219. The van der Waals surface area contributed by atoms with Gasteiger partial charge < -0.3 is 29.6 Å². The molecule has 2 amide bonds. The fourth-order valence-electron chi connectivity index (χ4n) is 2.93. The molecule has 2 N–H and O–H groups in total. The largest absolute Gasteiger partial charge is 0.497 e. The molecule has 0 aliphatic carbocycles. The molecule has 0 aromatic heterocycles. The Morgan fingerprint density at radius 3 is 2.09 bits per heavy atom. The van der Waals surface area contributed by atoms with Gasteiger partial charge in [0.1, 0.15) is 17.2 Å². The van der Waals surface area contributed by atoms with Gasteiger partial charge in [-0.25, -0.2) is 4.79 Å². The zero-order valence-corrected chi connectivity index (χ0v) is 19.6. The lowest BCUT2D eigenvalue weighted by molar-refractivity contribution is -0.123. The van der Waals surface area contributed by atoms with Gasteiger partial charge in [0.25, 0.3) is 11.8 Å². The van der Waals surface area contributed by atoms with Crippen LogP contribution in [0.1, 0.15) is 17.3 Å². The Bertz CT molecular complexity index is 1160. The number of hydrogen-bond acceptors (Lipinski definition) is 7. The molecule has 182 valence electrons. The molecule has 3 rings (SSSR count). The number of nitrogens with one attached hydrogen (secondary N) is 2. The molecule has 1 atom stereocenters. The maximum atomic E-state index is 12.4. The smallest absolute Gasteiger partial charge is 0.338 e. The van der Waals surface area contributed by atoms with Crippen molar-refractivity contribution in [2.45, 2.75) is 13.0 Å². The van der Waals surface area contributed by atoms with Gasteiger partial charge in [-0.3, -0.25) is 9.59 Å². The highest BCUT2D eigenvalue weighted by molar-refractivity contribution is 5.97. The molecule has 3 aromatic rings. The molecule has 0 bridgehead atoms. The summed E-state index contributed by atoms with van der Waals surface area (Å²) in [5.74, 6) is 0.201. The van der Waals surface area contributed by atoms with Crippen molar-refractivity contribution >= 4 is 29.2 Å². The van der Waals surface area contributed by atoms with Crippen molar-refractivity contribution in [3.05, 3.63) is 78.4 Å². The number of anilines is 2. The second kappa shape index (κ2) is 12.1. The quantitative estimate of drug-likeness (QED) is 0.425. The summed E-state index contributed by atoms with van der Waals surface area (Å²) in [6.07, 6.45) is -1.01. The van der Waals surface area contributed by atoms with Crippen LogP contribution in [0.4, 0.5) is 11.4 Å². The van der Waals surface area contributed by atoms with Crippen LogP contribution in [0.25, 0.3) is 0 Å². The number of methoxy groups -OCH3 is 2. The third-order valence-electron chi connectivity index (χ3n) is 4.82. The first kappa shape index (κ1) is 25.1. The van der Waals surface area contributed by atoms with Gasteiger partial charge >= 0.3 is 5.97 Å². The number of carbonyl (C=O) groups excluding carboxylic acids is 3. The average molecular weight is 479 g/mol. The SMILES string of the molecule is COc1ccc(NC(=O)C(C)OC(=O)c2ccc(OCC(=O)Nc3cccc(OC)c3)cc2)cc1. The van der Waals surface area contributed by atoms with Crippen molar-refractivity contribution in [3.63, 3.8) is 0 Å². The summed E-state index contributed by atoms with van der Waals surface area (Å²) in [7, 11) is 3.09. The van der Waals surface area contributed by atoms with E-state index in [1.807, 2.05) is 0 Å². The van der Waals surface area contributed by atoms with Crippen LogP contribution < -0.4 is 24.8 Å². The summed E-state index contributed by atoms with van der Waals surface area (Å²) in [6, 6.07) is 19.8. The van der Waals surface area contributed by atoms with E-state index in [1.165, 1.54) is 31.2 Å². The minimum Gasteiger partial charge on any atom is -0.497 e. The highest BCUT2D eigenvalue weighted by atomic mass is 16.5. The fourth-order valence-corrected chi connectivity index (χ4v) is 2.93. The number of hydrogen-bond donors (Lipinski definition) is 2. The van der Waals surface area contributed by atoms with Crippen molar-refractivity contribution in [1.82, 2.24) is 0 Å². The summed E-state index contributed by atoms with van der Waals surface area (Å²) in [4.78, 5) is 36.8. The van der Waals surface area contributed by atoms with E-state index in [-0.39, 0.29) is 18.1 Å². The Labute approximate surface area is 203 Å². The van der Waals surface area contributed by atoms with E-state index in [0.717, 1.165) is 0 Å². The lowest BCUT2D eigenvalue weighted by Gasteiger charge is -2.14. The zero-order valence-electron chi connectivity index (χ0n) is 19.6. The van der Waals surface area contributed by atoms with Crippen LogP contribution in [0.15, 0.2) is 72.8 Å². The first-order chi connectivity index (χ1) is 16.9.